The van der Waals surface area contributed by atoms with Crippen LogP contribution < -0.4 is 15.4 Å². The third-order valence-corrected chi connectivity index (χ3v) is 8.30. The highest BCUT2D eigenvalue weighted by Gasteiger charge is 2.54. The molecule has 0 heterocycles. The summed E-state index contributed by atoms with van der Waals surface area (Å²) in [6.45, 7) is 0. The number of nitrogens with one attached hydrogen (secondary N) is 2. The Morgan fingerprint density at radius 1 is 0.906 bits per heavy atom. The van der Waals surface area contributed by atoms with Crippen LogP contribution in [0.15, 0.2) is 47.4 Å². The molecule has 6 heteroatoms. The van der Waals surface area contributed by atoms with Crippen LogP contribution in [0.5, 0.6) is 5.75 Å². The lowest BCUT2D eigenvalue weighted by Crippen LogP contribution is -2.51. The molecule has 4 aliphatic rings. The van der Waals surface area contributed by atoms with Crippen LogP contribution in [0.4, 0.5) is 11.4 Å². The fourth-order valence-corrected chi connectivity index (χ4v) is 6.90. The maximum atomic E-state index is 13.2. The quantitative estimate of drug-likeness (QED) is 0.544. The second-order valence-electron chi connectivity index (χ2n) is 9.75. The molecule has 2 amide bonds. The van der Waals surface area contributed by atoms with Crippen LogP contribution in [0.2, 0.25) is 0 Å². The summed E-state index contributed by atoms with van der Waals surface area (Å²) in [6, 6.07) is 12.9. The Morgan fingerprint density at radius 2 is 1.47 bits per heavy atom. The minimum atomic E-state index is -0.222. The highest BCUT2D eigenvalue weighted by atomic mass is 32.2. The van der Waals surface area contributed by atoms with Gasteiger partial charge in [0.2, 0.25) is 5.91 Å². The van der Waals surface area contributed by atoms with Crippen LogP contribution in [-0.2, 0) is 4.79 Å². The lowest BCUT2D eigenvalue weighted by molar-refractivity contribution is -0.140. The van der Waals surface area contributed by atoms with E-state index in [0.29, 0.717) is 17.0 Å². The minimum Gasteiger partial charge on any atom is -0.496 e. The number of hydrogen-bond donors (Lipinski definition) is 2. The maximum absolute atomic E-state index is 13.2. The maximum Gasteiger partial charge on any atom is 0.259 e. The van der Waals surface area contributed by atoms with E-state index in [0.717, 1.165) is 47.6 Å². The molecule has 2 aromatic rings. The van der Waals surface area contributed by atoms with Crippen molar-refractivity contribution in [3.8, 4) is 5.75 Å². The number of benzene rings is 2. The summed E-state index contributed by atoms with van der Waals surface area (Å²) in [7, 11) is 1.57. The number of ether oxygens (including phenoxy) is 1. The fourth-order valence-electron chi connectivity index (χ4n) is 6.47. The average molecular weight is 451 g/mol. The van der Waals surface area contributed by atoms with Gasteiger partial charge in [-0.2, -0.15) is 0 Å². The summed E-state index contributed by atoms with van der Waals surface area (Å²) < 4.78 is 5.39. The van der Waals surface area contributed by atoms with Gasteiger partial charge in [-0.15, -0.1) is 11.8 Å². The average Bonchev–Trinajstić information content (AvgIpc) is 2.79. The van der Waals surface area contributed by atoms with E-state index in [1.54, 1.807) is 24.9 Å². The van der Waals surface area contributed by atoms with Crippen molar-refractivity contribution in [2.45, 2.75) is 43.4 Å². The van der Waals surface area contributed by atoms with Gasteiger partial charge in [0.05, 0.1) is 18.1 Å². The predicted molar refractivity (Wildman–Crippen MR) is 128 cm³/mol. The number of rotatable bonds is 6. The molecular formula is C26H30N2O3S. The Hall–Kier alpha value is -2.47. The number of hydrogen-bond acceptors (Lipinski definition) is 4. The smallest absolute Gasteiger partial charge is 0.259 e. The molecule has 2 aromatic carbocycles. The number of anilines is 2. The third-order valence-electron chi connectivity index (χ3n) is 7.57. The molecule has 0 saturated heterocycles. The Labute approximate surface area is 193 Å². The Kier molecular flexibility index (Phi) is 5.66. The Bertz CT molecular complexity index is 999. The van der Waals surface area contributed by atoms with Gasteiger partial charge in [0.25, 0.3) is 5.91 Å². The van der Waals surface area contributed by atoms with Gasteiger partial charge < -0.3 is 15.4 Å². The SMILES string of the molecule is COc1cc(SC)ccc1C(=O)Nc1ccc(NC(=O)C23CC4CC(CC(C4)C2)C3)cc1. The molecule has 2 N–H and O–H groups in total. The van der Waals surface area contributed by atoms with Crippen LogP contribution in [-0.4, -0.2) is 25.2 Å². The van der Waals surface area contributed by atoms with E-state index in [9.17, 15) is 9.59 Å². The molecule has 0 spiro atoms. The lowest BCUT2D eigenvalue weighted by Gasteiger charge is -2.55. The van der Waals surface area contributed by atoms with E-state index in [-0.39, 0.29) is 17.2 Å². The number of methoxy groups -OCH3 is 1. The Balaban J connectivity index is 1.24. The second-order valence-corrected chi connectivity index (χ2v) is 10.6. The summed E-state index contributed by atoms with van der Waals surface area (Å²) >= 11 is 1.60. The van der Waals surface area contributed by atoms with E-state index >= 15 is 0 Å². The predicted octanol–water partition coefficient (Wildman–Crippen LogP) is 5.82. The molecule has 168 valence electrons. The van der Waals surface area contributed by atoms with Crippen molar-refractivity contribution < 1.29 is 14.3 Å². The highest BCUT2D eigenvalue weighted by molar-refractivity contribution is 7.98. The standard InChI is InChI=1S/C26H30N2O3S/c1-31-23-12-21(32-2)7-8-22(23)24(29)27-19-3-5-20(6-4-19)28-25(30)26-13-16-9-17(14-26)11-18(10-16)15-26/h3-8,12,16-18H,9-11,13-15H2,1-2H3,(H,27,29)(H,28,30). The number of amides is 2. The van der Waals surface area contributed by atoms with Gasteiger partial charge in [0.15, 0.2) is 0 Å². The van der Waals surface area contributed by atoms with Crippen LogP contribution >= 0.6 is 11.8 Å². The van der Waals surface area contributed by atoms with Crippen molar-refractivity contribution in [1.29, 1.82) is 0 Å². The molecule has 4 aliphatic carbocycles. The van der Waals surface area contributed by atoms with Crippen molar-refractivity contribution in [3.63, 3.8) is 0 Å². The first-order valence-corrected chi connectivity index (χ1v) is 12.7. The van der Waals surface area contributed by atoms with E-state index in [1.165, 1.54) is 19.3 Å². The molecule has 0 radical (unpaired) electrons. The van der Waals surface area contributed by atoms with Gasteiger partial charge >= 0.3 is 0 Å². The monoisotopic (exact) mass is 450 g/mol. The molecule has 0 aromatic heterocycles. The molecule has 0 unspecified atom stereocenters. The number of carbonyl (C=O) groups is 2. The Morgan fingerprint density at radius 3 is 2.00 bits per heavy atom. The molecule has 4 saturated carbocycles. The van der Waals surface area contributed by atoms with E-state index in [4.69, 9.17) is 4.74 Å². The lowest BCUT2D eigenvalue weighted by atomic mass is 9.49. The van der Waals surface area contributed by atoms with Crippen molar-refractivity contribution in [3.05, 3.63) is 48.0 Å². The fraction of sp³-hybridized carbons (Fsp3) is 0.462. The first-order chi connectivity index (χ1) is 15.5. The van der Waals surface area contributed by atoms with Crippen LogP contribution in [0, 0.1) is 23.2 Å². The van der Waals surface area contributed by atoms with Crippen LogP contribution in [0.1, 0.15) is 48.9 Å². The van der Waals surface area contributed by atoms with Gasteiger partial charge in [-0.05, 0) is 105 Å². The van der Waals surface area contributed by atoms with Crippen molar-refractivity contribution in [1.82, 2.24) is 0 Å². The van der Waals surface area contributed by atoms with Crippen molar-refractivity contribution >= 4 is 35.0 Å². The summed E-state index contributed by atoms with van der Waals surface area (Å²) in [5.41, 5.74) is 1.79. The molecule has 4 bridgehead atoms. The highest BCUT2D eigenvalue weighted by Crippen LogP contribution is 2.60. The molecule has 32 heavy (non-hydrogen) atoms. The molecule has 0 atom stereocenters. The molecule has 4 fully saturated rings. The zero-order valence-corrected chi connectivity index (χ0v) is 19.5. The third kappa shape index (κ3) is 4.01. The summed E-state index contributed by atoms with van der Waals surface area (Å²) in [6.07, 6.45) is 9.11. The van der Waals surface area contributed by atoms with Crippen molar-refractivity contribution in [2.75, 3.05) is 24.0 Å². The van der Waals surface area contributed by atoms with Gasteiger partial charge in [-0.1, -0.05) is 0 Å². The molecular weight excluding hydrogens is 420 g/mol. The van der Waals surface area contributed by atoms with E-state index < -0.39 is 0 Å². The zero-order chi connectivity index (χ0) is 22.3. The number of thioether (sulfide) groups is 1. The number of carbonyl (C=O) groups excluding carboxylic acids is 2. The molecule has 0 aliphatic heterocycles. The van der Waals surface area contributed by atoms with Crippen LogP contribution in [0.25, 0.3) is 0 Å². The second kappa shape index (κ2) is 8.47. The topological polar surface area (TPSA) is 67.4 Å². The summed E-state index contributed by atoms with van der Waals surface area (Å²) in [4.78, 5) is 27.0. The van der Waals surface area contributed by atoms with Gasteiger partial charge in [-0.25, -0.2) is 0 Å². The zero-order valence-electron chi connectivity index (χ0n) is 18.6. The largest absolute Gasteiger partial charge is 0.496 e. The van der Waals surface area contributed by atoms with Gasteiger partial charge in [-0.3, -0.25) is 9.59 Å². The van der Waals surface area contributed by atoms with E-state index in [2.05, 4.69) is 10.6 Å². The van der Waals surface area contributed by atoms with E-state index in [1.807, 2.05) is 42.7 Å². The first-order valence-electron chi connectivity index (χ1n) is 11.4. The van der Waals surface area contributed by atoms with Crippen molar-refractivity contribution in [2.24, 2.45) is 23.2 Å². The first kappa shape index (κ1) is 21.4. The molecule has 5 nitrogen and oxygen atoms in total. The summed E-state index contributed by atoms with van der Waals surface area (Å²) in [5, 5.41) is 6.09. The normalized spacial score (nSPS) is 27.8. The van der Waals surface area contributed by atoms with Crippen LogP contribution in [0.3, 0.4) is 0 Å². The summed E-state index contributed by atoms with van der Waals surface area (Å²) in [5.74, 6) is 2.74. The van der Waals surface area contributed by atoms with Gasteiger partial charge in [0, 0.05) is 16.3 Å². The van der Waals surface area contributed by atoms with Gasteiger partial charge in [0.1, 0.15) is 5.75 Å². The molecule has 6 rings (SSSR count). The minimum absolute atomic E-state index is 0.166.